The van der Waals surface area contributed by atoms with Crippen LogP contribution in [0.3, 0.4) is 0 Å². The molecule has 0 saturated heterocycles. The predicted molar refractivity (Wildman–Crippen MR) is 104 cm³/mol. The Balaban J connectivity index is 1.56. The molecule has 132 valence electrons. The zero-order valence-electron chi connectivity index (χ0n) is 14.2. The van der Waals surface area contributed by atoms with Gasteiger partial charge in [-0.1, -0.05) is 18.2 Å². The standard InChI is InChI=1S/C21H15FN4O/c22-15-6-8-16(9-7-15)25-17-10-12-23-19(13-17)21(27)26-18-5-1-3-14-4-2-11-24-20(14)18/h1-13H,(H,23,25)(H,26,27). The minimum absolute atomic E-state index is 0.259. The van der Waals surface area contributed by atoms with E-state index in [2.05, 4.69) is 20.6 Å². The summed E-state index contributed by atoms with van der Waals surface area (Å²) < 4.78 is 13.0. The maximum absolute atomic E-state index is 13.0. The maximum Gasteiger partial charge on any atom is 0.274 e. The summed E-state index contributed by atoms with van der Waals surface area (Å²) in [5, 5.41) is 6.92. The van der Waals surface area contributed by atoms with Crippen LogP contribution in [0.15, 0.2) is 79.1 Å². The van der Waals surface area contributed by atoms with Crippen molar-refractivity contribution in [2.24, 2.45) is 0 Å². The van der Waals surface area contributed by atoms with Crippen molar-refractivity contribution in [1.29, 1.82) is 0 Å². The van der Waals surface area contributed by atoms with Gasteiger partial charge in [-0.05, 0) is 48.5 Å². The van der Waals surface area contributed by atoms with E-state index in [4.69, 9.17) is 0 Å². The van der Waals surface area contributed by atoms with Gasteiger partial charge in [-0.25, -0.2) is 4.39 Å². The molecular formula is C21H15FN4O. The molecule has 0 unspecified atom stereocenters. The molecule has 0 aliphatic heterocycles. The molecule has 0 spiro atoms. The summed E-state index contributed by atoms with van der Waals surface area (Å²) in [6, 6.07) is 18.7. The average Bonchev–Trinajstić information content (AvgIpc) is 2.70. The van der Waals surface area contributed by atoms with E-state index in [0.717, 1.165) is 5.39 Å². The van der Waals surface area contributed by atoms with Crippen molar-refractivity contribution in [3.63, 3.8) is 0 Å². The third kappa shape index (κ3) is 3.74. The molecular weight excluding hydrogens is 343 g/mol. The third-order valence-electron chi connectivity index (χ3n) is 4.01. The Morgan fingerprint density at radius 3 is 2.52 bits per heavy atom. The van der Waals surface area contributed by atoms with Crippen molar-refractivity contribution in [2.75, 3.05) is 10.6 Å². The molecule has 4 aromatic rings. The monoisotopic (exact) mass is 358 g/mol. The average molecular weight is 358 g/mol. The normalized spacial score (nSPS) is 10.6. The SMILES string of the molecule is O=C(Nc1cccc2cccnc12)c1cc(Nc2ccc(F)cc2)ccn1. The minimum atomic E-state index is -0.337. The fourth-order valence-electron chi connectivity index (χ4n) is 2.72. The minimum Gasteiger partial charge on any atom is -0.355 e. The maximum atomic E-state index is 13.0. The van der Waals surface area contributed by atoms with Crippen LogP contribution in [0.25, 0.3) is 10.9 Å². The Hall–Kier alpha value is -3.80. The van der Waals surface area contributed by atoms with Crippen LogP contribution in [0.4, 0.5) is 21.5 Å². The summed E-state index contributed by atoms with van der Waals surface area (Å²) in [5.41, 5.74) is 2.99. The van der Waals surface area contributed by atoms with E-state index in [9.17, 15) is 9.18 Å². The van der Waals surface area contributed by atoms with Gasteiger partial charge in [-0.15, -0.1) is 0 Å². The van der Waals surface area contributed by atoms with Gasteiger partial charge in [-0.2, -0.15) is 0 Å². The summed E-state index contributed by atoms with van der Waals surface area (Å²) in [6.07, 6.45) is 3.23. The lowest BCUT2D eigenvalue weighted by Gasteiger charge is -2.10. The lowest BCUT2D eigenvalue weighted by molar-refractivity contribution is 0.102. The molecule has 0 bridgehead atoms. The number of para-hydroxylation sites is 1. The number of hydrogen-bond acceptors (Lipinski definition) is 4. The first-order chi connectivity index (χ1) is 13.2. The molecule has 2 heterocycles. The van der Waals surface area contributed by atoms with Crippen molar-refractivity contribution in [3.8, 4) is 0 Å². The number of hydrogen-bond donors (Lipinski definition) is 2. The topological polar surface area (TPSA) is 66.9 Å². The highest BCUT2D eigenvalue weighted by Crippen LogP contribution is 2.22. The molecule has 0 fully saturated rings. The van der Waals surface area contributed by atoms with Gasteiger partial charge in [0.05, 0.1) is 11.2 Å². The highest BCUT2D eigenvalue weighted by Gasteiger charge is 2.11. The summed E-state index contributed by atoms with van der Waals surface area (Å²) in [5.74, 6) is -0.644. The number of carbonyl (C=O) groups is 1. The Bertz CT molecular complexity index is 1110. The van der Waals surface area contributed by atoms with Gasteiger partial charge in [-0.3, -0.25) is 14.8 Å². The van der Waals surface area contributed by atoms with Gasteiger partial charge < -0.3 is 10.6 Å². The molecule has 0 aliphatic rings. The Morgan fingerprint density at radius 2 is 1.67 bits per heavy atom. The number of rotatable bonds is 4. The second-order valence-electron chi connectivity index (χ2n) is 5.90. The first-order valence-electron chi connectivity index (χ1n) is 8.33. The van der Waals surface area contributed by atoms with Crippen LogP contribution in [-0.4, -0.2) is 15.9 Å². The molecule has 0 atom stereocenters. The zero-order chi connectivity index (χ0) is 18.6. The lowest BCUT2D eigenvalue weighted by Crippen LogP contribution is -2.14. The fourth-order valence-corrected chi connectivity index (χ4v) is 2.72. The number of fused-ring (bicyclic) bond motifs is 1. The van der Waals surface area contributed by atoms with Crippen LogP contribution >= 0.6 is 0 Å². The second kappa shape index (κ2) is 7.21. The molecule has 2 aromatic carbocycles. The summed E-state index contributed by atoms with van der Waals surface area (Å²) >= 11 is 0. The number of nitrogens with zero attached hydrogens (tertiary/aromatic N) is 2. The van der Waals surface area contributed by atoms with Crippen molar-refractivity contribution in [2.45, 2.75) is 0 Å². The fraction of sp³-hybridized carbons (Fsp3) is 0. The molecule has 0 saturated carbocycles. The summed E-state index contributed by atoms with van der Waals surface area (Å²) in [7, 11) is 0. The largest absolute Gasteiger partial charge is 0.355 e. The van der Waals surface area contributed by atoms with Crippen LogP contribution in [-0.2, 0) is 0 Å². The van der Waals surface area contributed by atoms with E-state index in [1.54, 1.807) is 42.7 Å². The Kier molecular flexibility index (Phi) is 4.45. The van der Waals surface area contributed by atoms with Crippen LogP contribution in [0.1, 0.15) is 10.5 Å². The quantitative estimate of drug-likeness (QED) is 0.552. The van der Waals surface area contributed by atoms with Crippen LogP contribution < -0.4 is 10.6 Å². The van der Waals surface area contributed by atoms with Crippen LogP contribution in [0.2, 0.25) is 0 Å². The predicted octanol–water partition coefficient (Wildman–Crippen LogP) is 4.76. The Labute approximate surface area is 154 Å². The van der Waals surface area contributed by atoms with E-state index in [-0.39, 0.29) is 17.4 Å². The highest BCUT2D eigenvalue weighted by molar-refractivity contribution is 6.07. The summed E-state index contributed by atoms with van der Waals surface area (Å²) in [6.45, 7) is 0. The molecule has 0 radical (unpaired) electrons. The molecule has 1 amide bonds. The molecule has 27 heavy (non-hydrogen) atoms. The van der Waals surface area contributed by atoms with Crippen LogP contribution in [0.5, 0.6) is 0 Å². The zero-order valence-corrected chi connectivity index (χ0v) is 14.2. The number of halogens is 1. The molecule has 5 nitrogen and oxygen atoms in total. The van der Waals surface area contributed by atoms with Gasteiger partial charge >= 0.3 is 0 Å². The number of carbonyl (C=O) groups excluding carboxylic acids is 1. The van der Waals surface area contributed by atoms with Gasteiger partial charge in [0, 0.05) is 29.2 Å². The van der Waals surface area contributed by atoms with E-state index >= 15 is 0 Å². The van der Waals surface area contributed by atoms with Crippen molar-refractivity contribution >= 4 is 33.9 Å². The first-order valence-corrected chi connectivity index (χ1v) is 8.33. The van der Waals surface area contributed by atoms with Crippen molar-refractivity contribution < 1.29 is 9.18 Å². The van der Waals surface area contributed by atoms with E-state index < -0.39 is 0 Å². The first kappa shape index (κ1) is 16.7. The van der Waals surface area contributed by atoms with E-state index in [0.29, 0.717) is 22.6 Å². The molecule has 2 aromatic heterocycles. The Morgan fingerprint density at radius 1 is 0.852 bits per heavy atom. The summed E-state index contributed by atoms with van der Waals surface area (Å²) in [4.78, 5) is 21.1. The number of amides is 1. The van der Waals surface area contributed by atoms with E-state index in [1.807, 2.05) is 24.3 Å². The molecule has 0 aliphatic carbocycles. The molecule has 4 rings (SSSR count). The number of nitrogens with one attached hydrogen (secondary N) is 2. The van der Waals surface area contributed by atoms with E-state index in [1.165, 1.54) is 12.1 Å². The lowest BCUT2D eigenvalue weighted by atomic mass is 10.2. The molecule has 2 N–H and O–H groups in total. The number of aromatic nitrogens is 2. The van der Waals surface area contributed by atoms with Gasteiger partial charge in [0.15, 0.2) is 0 Å². The van der Waals surface area contributed by atoms with Crippen molar-refractivity contribution in [1.82, 2.24) is 9.97 Å². The van der Waals surface area contributed by atoms with Gasteiger partial charge in [0.2, 0.25) is 0 Å². The number of anilines is 3. The van der Waals surface area contributed by atoms with Gasteiger partial charge in [0.1, 0.15) is 11.5 Å². The second-order valence-corrected chi connectivity index (χ2v) is 5.90. The smallest absolute Gasteiger partial charge is 0.274 e. The highest BCUT2D eigenvalue weighted by atomic mass is 19.1. The number of pyridine rings is 2. The molecule has 6 heteroatoms. The van der Waals surface area contributed by atoms with Gasteiger partial charge in [0.25, 0.3) is 5.91 Å². The van der Waals surface area contributed by atoms with Crippen molar-refractivity contribution in [3.05, 3.63) is 90.6 Å². The third-order valence-corrected chi connectivity index (χ3v) is 4.01. The number of benzene rings is 2. The van der Waals surface area contributed by atoms with Crippen LogP contribution in [0, 0.1) is 5.82 Å².